The third-order valence-electron chi connectivity index (χ3n) is 4.20. The van der Waals surface area contributed by atoms with Crippen LogP contribution in [-0.2, 0) is 0 Å². The number of carbonyl (C=O) groups excluding carboxylic acids is 1. The number of hydrogen-bond donors (Lipinski definition) is 1. The zero-order valence-electron chi connectivity index (χ0n) is 14.3. The maximum Gasteiger partial charge on any atom is 0.257 e. The summed E-state index contributed by atoms with van der Waals surface area (Å²) in [5.74, 6) is 0.228. The number of fused-ring (bicyclic) bond motifs is 1. The summed E-state index contributed by atoms with van der Waals surface area (Å²) in [6.07, 6.45) is 0. The predicted molar refractivity (Wildman–Crippen MR) is 111 cm³/mol. The highest BCUT2D eigenvalue weighted by molar-refractivity contribution is 9.10. The fourth-order valence-corrected chi connectivity index (χ4v) is 3.31. The number of carbonyl (C=O) groups is 1. The number of nitrogens with zero attached hydrogens (tertiary/aromatic N) is 1. The van der Waals surface area contributed by atoms with Gasteiger partial charge in [-0.2, -0.15) is 0 Å². The average Bonchev–Trinajstić information content (AvgIpc) is 3.09. The lowest BCUT2D eigenvalue weighted by atomic mass is 10.1. The molecule has 0 aliphatic rings. The van der Waals surface area contributed by atoms with E-state index in [2.05, 4.69) is 26.2 Å². The van der Waals surface area contributed by atoms with E-state index in [0.29, 0.717) is 22.2 Å². The first kappa shape index (κ1) is 17.8. The van der Waals surface area contributed by atoms with Crippen molar-refractivity contribution >= 4 is 50.2 Å². The molecule has 3 aromatic carbocycles. The second-order valence-corrected chi connectivity index (χ2v) is 7.42. The van der Waals surface area contributed by atoms with Crippen LogP contribution in [0.1, 0.15) is 15.9 Å². The summed E-state index contributed by atoms with van der Waals surface area (Å²) in [6.45, 7) is 1.92. The Morgan fingerprint density at radius 1 is 1.11 bits per heavy atom. The van der Waals surface area contributed by atoms with Crippen LogP contribution in [0.4, 0.5) is 5.69 Å². The van der Waals surface area contributed by atoms with E-state index in [4.69, 9.17) is 16.0 Å². The Morgan fingerprint density at radius 3 is 2.74 bits per heavy atom. The second-order valence-electron chi connectivity index (χ2n) is 6.09. The number of nitrogens with one attached hydrogen (secondary N) is 1. The van der Waals surface area contributed by atoms with E-state index < -0.39 is 0 Å². The molecule has 0 atom stereocenters. The molecule has 0 radical (unpaired) electrons. The van der Waals surface area contributed by atoms with Crippen molar-refractivity contribution in [3.63, 3.8) is 0 Å². The largest absolute Gasteiger partial charge is 0.436 e. The van der Waals surface area contributed by atoms with E-state index >= 15 is 0 Å². The van der Waals surface area contributed by atoms with Crippen molar-refractivity contribution in [1.82, 2.24) is 4.98 Å². The van der Waals surface area contributed by atoms with E-state index in [1.54, 1.807) is 18.2 Å². The minimum atomic E-state index is -0.279. The Morgan fingerprint density at radius 2 is 1.93 bits per heavy atom. The molecule has 0 saturated heterocycles. The van der Waals surface area contributed by atoms with Crippen molar-refractivity contribution in [2.24, 2.45) is 0 Å². The molecule has 1 heterocycles. The zero-order valence-corrected chi connectivity index (χ0v) is 16.6. The average molecular weight is 442 g/mol. The van der Waals surface area contributed by atoms with Crippen LogP contribution in [0.25, 0.3) is 22.6 Å². The number of aryl methyl sites for hydroxylation is 1. The minimum Gasteiger partial charge on any atom is -0.436 e. The van der Waals surface area contributed by atoms with E-state index in [-0.39, 0.29) is 5.91 Å². The molecule has 0 aliphatic carbocycles. The number of oxazole rings is 1. The van der Waals surface area contributed by atoms with Crippen LogP contribution in [0.2, 0.25) is 5.02 Å². The molecule has 0 aliphatic heterocycles. The lowest BCUT2D eigenvalue weighted by Gasteiger charge is -2.11. The third-order valence-corrected chi connectivity index (χ3v) is 5.02. The number of benzene rings is 3. The molecule has 4 aromatic rings. The van der Waals surface area contributed by atoms with Crippen molar-refractivity contribution in [1.29, 1.82) is 0 Å². The van der Waals surface area contributed by atoms with Crippen molar-refractivity contribution in [3.05, 3.63) is 81.3 Å². The quantitative estimate of drug-likeness (QED) is 0.396. The predicted octanol–water partition coefficient (Wildman–Crippen LogP) is 6.47. The Labute approximate surface area is 169 Å². The standard InChI is InChI=1S/C21H14BrClN2O2/c1-12-6-7-13(21-25-17-4-2-3-5-19(17)27-21)10-18(12)24-20(26)15-11-14(22)8-9-16(15)23/h2-11H,1H3,(H,24,26). The highest BCUT2D eigenvalue weighted by atomic mass is 79.9. The van der Waals surface area contributed by atoms with Gasteiger partial charge in [0.25, 0.3) is 5.91 Å². The lowest BCUT2D eigenvalue weighted by molar-refractivity contribution is 0.102. The van der Waals surface area contributed by atoms with Gasteiger partial charge < -0.3 is 9.73 Å². The molecule has 0 bridgehead atoms. The number of halogens is 2. The van der Waals surface area contributed by atoms with Crippen LogP contribution < -0.4 is 5.32 Å². The molecular weight excluding hydrogens is 428 g/mol. The van der Waals surface area contributed by atoms with Gasteiger partial charge in [-0.3, -0.25) is 4.79 Å². The molecule has 1 N–H and O–H groups in total. The van der Waals surface area contributed by atoms with Gasteiger partial charge in [0.05, 0.1) is 10.6 Å². The zero-order chi connectivity index (χ0) is 19.0. The van der Waals surface area contributed by atoms with Crippen LogP contribution in [0.3, 0.4) is 0 Å². The van der Waals surface area contributed by atoms with Gasteiger partial charge in [0.1, 0.15) is 5.52 Å². The van der Waals surface area contributed by atoms with Gasteiger partial charge in [-0.15, -0.1) is 0 Å². The molecule has 0 spiro atoms. The summed E-state index contributed by atoms with van der Waals surface area (Å²) in [5.41, 5.74) is 4.30. The summed E-state index contributed by atoms with van der Waals surface area (Å²) < 4.78 is 6.61. The van der Waals surface area contributed by atoms with Gasteiger partial charge in [-0.25, -0.2) is 4.98 Å². The normalized spacial score (nSPS) is 10.9. The van der Waals surface area contributed by atoms with Crippen molar-refractivity contribution < 1.29 is 9.21 Å². The van der Waals surface area contributed by atoms with Crippen molar-refractivity contribution in [2.45, 2.75) is 6.92 Å². The van der Waals surface area contributed by atoms with E-state index in [1.165, 1.54) is 0 Å². The molecule has 4 nitrogen and oxygen atoms in total. The topological polar surface area (TPSA) is 55.1 Å². The summed E-state index contributed by atoms with van der Waals surface area (Å²) in [7, 11) is 0. The number of aromatic nitrogens is 1. The molecule has 27 heavy (non-hydrogen) atoms. The molecule has 1 amide bonds. The number of anilines is 1. The van der Waals surface area contributed by atoms with Gasteiger partial charge in [0.2, 0.25) is 5.89 Å². The summed E-state index contributed by atoms with van der Waals surface area (Å²) in [6, 6.07) is 18.4. The first-order valence-corrected chi connectivity index (χ1v) is 9.41. The fraction of sp³-hybridized carbons (Fsp3) is 0.0476. The van der Waals surface area contributed by atoms with Crippen molar-refractivity contribution in [3.8, 4) is 11.5 Å². The number of hydrogen-bond acceptors (Lipinski definition) is 3. The van der Waals surface area contributed by atoms with Gasteiger partial charge in [-0.1, -0.05) is 45.7 Å². The van der Waals surface area contributed by atoms with Crippen LogP contribution in [0.15, 0.2) is 69.6 Å². The third kappa shape index (κ3) is 3.61. The van der Waals surface area contributed by atoms with Crippen LogP contribution in [0, 0.1) is 6.92 Å². The number of rotatable bonds is 3. The van der Waals surface area contributed by atoms with E-state index in [9.17, 15) is 4.79 Å². The Hall–Kier alpha value is -2.63. The number of para-hydroxylation sites is 2. The SMILES string of the molecule is Cc1ccc(-c2nc3ccccc3o2)cc1NC(=O)c1cc(Br)ccc1Cl. The van der Waals surface area contributed by atoms with Gasteiger partial charge in [0, 0.05) is 15.7 Å². The monoisotopic (exact) mass is 440 g/mol. The molecule has 1 aromatic heterocycles. The Balaban J connectivity index is 1.68. The van der Waals surface area contributed by atoms with Gasteiger partial charge in [-0.05, 0) is 55.0 Å². The highest BCUT2D eigenvalue weighted by Gasteiger charge is 2.14. The molecule has 134 valence electrons. The molecule has 6 heteroatoms. The van der Waals surface area contributed by atoms with Crippen LogP contribution in [-0.4, -0.2) is 10.9 Å². The van der Waals surface area contributed by atoms with E-state index in [1.807, 2.05) is 49.4 Å². The molecule has 0 fully saturated rings. The van der Waals surface area contributed by atoms with Crippen molar-refractivity contribution in [2.75, 3.05) is 5.32 Å². The smallest absolute Gasteiger partial charge is 0.257 e. The van der Waals surface area contributed by atoms with Crippen LogP contribution >= 0.6 is 27.5 Å². The summed E-state index contributed by atoms with van der Waals surface area (Å²) in [4.78, 5) is 17.2. The Bertz CT molecular complexity index is 1140. The minimum absolute atomic E-state index is 0.279. The van der Waals surface area contributed by atoms with Gasteiger partial charge >= 0.3 is 0 Å². The summed E-state index contributed by atoms with van der Waals surface area (Å²) in [5, 5.41) is 3.32. The maximum atomic E-state index is 12.7. The molecule has 4 rings (SSSR count). The first-order chi connectivity index (χ1) is 13.0. The Kier molecular flexibility index (Phi) is 4.72. The maximum absolute atomic E-state index is 12.7. The summed E-state index contributed by atoms with van der Waals surface area (Å²) >= 11 is 9.53. The fourth-order valence-electron chi connectivity index (χ4n) is 2.75. The van der Waals surface area contributed by atoms with Gasteiger partial charge in [0.15, 0.2) is 5.58 Å². The molecule has 0 saturated carbocycles. The molecular formula is C21H14BrClN2O2. The van der Waals surface area contributed by atoms with E-state index in [0.717, 1.165) is 26.7 Å². The second kappa shape index (κ2) is 7.18. The molecule has 0 unspecified atom stereocenters. The van der Waals surface area contributed by atoms with Crippen LogP contribution in [0.5, 0.6) is 0 Å². The lowest BCUT2D eigenvalue weighted by Crippen LogP contribution is -2.13. The number of amides is 1. The first-order valence-electron chi connectivity index (χ1n) is 8.24. The highest BCUT2D eigenvalue weighted by Crippen LogP contribution is 2.29.